The maximum atomic E-state index is 13.0. The van der Waals surface area contributed by atoms with Gasteiger partial charge in [0.25, 0.3) is 5.91 Å². The number of benzene rings is 1. The van der Waals surface area contributed by atoms with Crippen molar-refractivity contribution in [3.63, 3.8) is 0 Å². The number of hydrogen-bond acceptors (Lipinski definition) is 6. The van der Waals surface area contributed by atoms with E-state index in [9.17, 15) is 13.2 Å². The molecule has 2 heterocycles. The lowest BCUT2D eigenvalue weighted by Gasteiger charge is -2.34. The topological polar surface area (TPSA) is 95.8 Å². The van der Waals surface area contributed by atoms with Gasteiger partial charge >= 0.3 is 0 Å². The van der Waals surface area contributed by atoms with Crippen LogP contribution in [0.4, 0.5) is 0 Å². The monoisotopic (exact) mass is 454 g/mol. The van der Waals surface area contributed by atoms with Crippen LogP contribution < -0.4 is 4.72 Å². The molecule has 1 aliphatic rings. The highest BCUT2D eigenvalue weighted by atomic mass is 35.5. The van der Waals surface area contributed by atoms with E-state index in [0.29, 0.717) is 26.2 Å². The molecule has 0 aliphatic carbocycles. The summed E-state index contributed by atoms with van der Waals surface area (Å²) in [5, 5.41) is 4.22. The van der Waals surface area contributed by atoms with E-state index in [2.05, 4.69) is 14.8 Å². The van der Waals surface area contributed by atoms with Crippen LogP contribution in [-0.2, 0) is 16.6 Å². The molecule has 1 fully saturated rings. The van der Waals surface area contributed by atoms with Crippen molar-refractivity contribution in [1.82, 2.24) is 19.7 Å². The zero-order valence-corrected chi connectivity index (χ0v) is 19.2. The highest BCUT2D eigenvalue weighted by molar-refractivity contribution is 7.89. The molecule has 0 radical (unpaired) electrons. The predicted octanol–water partition coefficient (Wildman–Crippen LogP) is 2.59. The second-order valence-electron chi connectivity index (χ2n) is 7.79. The summed E-state index contributed by atoms with van der Waals surface area (Å²) in [5.41, 5.74) is 2.15. The number of hydrogen-bond donors (Lipinski definition) is 1. The van der Waals surface area contributed by atoms with E-state index in [-0.39, 0.29) is 27.4 Å². The first kappa shape index (κ1) is 22.7. The number of rotatable bonds is 6. The Morgan fingerprint density at radius 2 is 1.90 bits per heavy atom. The first-order valence-electron chi connectivity index (χ1n) is 9.83. The maximum Gasteiger partial charge on any atom is 0.255 e. The summed E-state index contributed by atoms with van der Waals surface area (Å²) in [6, 6.07) is 3.96. The molecule has 8 nitrogen and oxygen atoms in total. The Kier molecular flexibility index (Phi) is 6.86. The third-order valence-corrected chi connectivity index (χ3v) is 7.08. The molecular weight excluding hydrogens is 428 g/mol. The lowest BCUT2D eigenvalue weighted by molar-refractivity contribution is 0.0627. The second kappa shape index (κ2) is 9.05. The van der Waals surface area contributed by atoms with Gasteiger partial charge in [0.2, 0.25) is 10.0 Å². The van der Waals surface area contributed by atoms with Crippen molar-refractivity contribution < 1.29 is 17.7 Å². The fourth-order valence-corrected chi connectivity index (χ4v) is 4.92. The van der Waals surface area contributed by atoms with E-state index in [1.165, 1.54) is 18.2 Å². The second-order valence-corrected chi connectivity index (χ2v) is 9.91. The van der Waals surface area contributed by atoms with Gasteiger partial charge in [-0.1, -0.05) is 16.8 Å². The molecule has 1 aromatic heterocycles. The number of halogens is 1. The van der Waals surface area contributed by atoms with Crippen LogP contribution in [0.15, 0.2) is 27.6 Å². The van der Waals surface area contributed by atoms with Crippen LogP contribution in [0.2, 0.25) is 5.02 Å². The Morgan fingerprint density at radius 1 is 1.23 bits per heavy atom. The average Bonchev–Trinajstić information content (AvgIpc) is 2.99. The minimum atomic E-state index is -3.71. The highest BCUT2D eigenvalue weighted by Crippen LogP contribution is 2.23. The zero-order valence-electron chi connectivity index (χ0n) is 17.6. The van der Waals surface area contributed by atoms with Gasteiger partial charge in [0, 0.05) is 44.3 Å². The van der Waals surface area contributed by atoms with E-state index in [1.807, 2.05) is 13.8 Å². The molecule has 0 unspecified atom stereocenters. The van der Waals surface area contributed by atoms with Gasteiger partial charge in [-0.2, -0.15) is 0 Å². The Morgan fingerprint density at radius 3 is 2.47 bits per heavy atom. The smallest absolute Gasteiger partial charge is 0.255 e. The molecule has 10 heteroatoms. The molecule has 0 saturated carbocycles. The number of nitrogens with zero attached hydrogens (tertiary/aromatic N) is 3. The number of carbonyl (C=O) groups is 1. The molecule has 30 heavy (non-hydrogen) atoms. The molecule has 1 saturated heterocycles. The first-order chi connectivity index (χ1) is 14.1. The normalized spacial score (nSPS) is 15.7. The fraction of sp³-hybridized carbons (Fsp3) is 0.500. The van der Waals surface area contributed by atoms with Crippen molar-refractivity contribution in [2.24, 2.45) is 0 Å². The molecule has 1 aromatic carbocycles. The lowest BCUT2D eigenvalue weighted by atomic mass is 10.1. The van der Waals surface area contributed by atoms with Gasteiger partial charge < -0.3 is 9.42 Å². The zero-order chi connectivity index (χ0) is 22.1. The number of aryl methyl sites for hydroxylation is 2. The van der Waals surface area contributed by atoms with Crippen molar-refractivity contribution in [2.45, 2.75) is 45.2 Å². The Balaban J connectivity index is 1.70. The van der Waals surface area contributed by atoms with Crippen LogP contribution in [0.1, 0.15) is 41.2 Å². The third kappa shape index (κ3) is 5.03. The molecule has 2 aromatic rings. The molecular formula is C20H27ClN4O4S. The summed E-state index contributed by atoms with van der Waals surface area (Å²) >= 11 is 6.23. The van der Waals surface area contributed by atoms with Crippen LogP contribution in [0, 0.1) is 13.8 Å². The van der Waals surface area contributed by atoms with E-state index in [4.69, 9.17) is 16.1 Å². The van der Waals surface area contributed by atoms with Crippen molar-refractivity contribution in [3.05, 3.63) is 45.8 Å². The molecule has 0 atom stereocenters. The maximum absolute atomic E-state index is 13.0. The van der Waals surface area contributed by atoms with Crippen LogP contribution in [0.25, 0.3) is 0 Å². The molecule has 0 bridgehead atoms. The van der Waals surface area contributed by atoms with Gasteiger partial charge in [-0.05, 0) is 45.9 Å². The van der Waals surface area contributed by atoms with Gasteiger partial charge in [0.1, 0.15) is 5.76 Å². The number of amides is 1. The number of carbonyl (C=O) groups excluding carboxylic acids is 1. The van der Waals surface area contributed by atoms with Crippen LogP contribution in [-0.4, -0.2) is 61.5 Å². The van der Waals surface area contributed by atoms with E-state index < -0.39 is 10.0 Å². The van der Waals surface area contributed by atoms with Crippen molar-refractivity contribution in [1.29, 1.82) is 0 Å². The SMILES string of the molecule is Cc1noc(C)c1CN1CCN(C(=O)c2cc(S(=O)(=O)NC(C)C)ccc2Cl)CC1. The van der Waals surface area contributed by atoms with Gasteiger partial charge in [0.05, 0.1) is 21.2 Å². The number of piperazine rings is 1. The Labute approximate surface area is 182 Å². The van der Waals surface area contributed by atoms with E-state index in [0.717, 1.165) is 23.6 Å². The summed E-state index contributed by atoms with van der Waals surface area (Å²) in [7, 11) is -3.71. The summed E-state index contributed by atoms with van der Waals surface area (Å²) in [6.45, 7) is 10.5. The van der Waals surface area contributed by atoms with Gasteiger partial charge in [-0.25, -0.2) is 13.1 Å². The molecule has 0 spiro atoms. The summed E-state index contributed by atoms with van der Waals surface area (Å²) in [6.07, 6.45) is 0. The van der Waals surface area contributed by atoms with E-state index in [1.54, 1.807) is 18.7 Å². The summed E-state index contributed by atoms with van der Waals surface area (Å²) < 4.78 is 32.7. The van der Waals surface area contributed by atoms with Crippen LogP contribution in [0.5, 0.6) is 0 Å². The molecule has 1 amide bonds. The van der Waals surface area contributed by atoms with Crippen LogP contribution in [0.3, 0.4) is 0 Å². The molecule has 164 valence electrons. The molecule has 1 N–H and O–H groups in total. The third-order valence-electron chi connectivity index (χ3n) is 5.09. The summed E-state index contributed by atoms with van der Waals surface area (Å²) in [4.78, 5) is 17.0. The average molecular weight is 455 g/mol. The molecule has 1 aliphatic heterocycles. The van der Waals surface area contributed by atoms with E-state index >= 15 is 0 Å². The lowest BCUT2D eigenvalue weighted by Crippen LogP contribution is -2.48. The van der Waals surface area contributed by atoms with Crippen LogP contribution >= 0.6 is 11.6 Å². The Hall–Kier alpha value is -1.94. The van der Waals surface area contributed by atoms with Gasteiger partial charge in [-0.15, -0.1) is 0 Å². The van der Waals surface area contributed by atoms with Gasteiger partial charge in [-0.3, -0.25) is 9.69 Å². The highest BCUT2D eigenvalue weighted by Gasteiger charge is 2.26. The molecule has 3 rings (SSSR count). The Bertz CT molecular complexity index is 1010. The summed E-state index contributed by atoms with van der Waals surface area (Å²) in [5.74, 6) is 0.546. The van der Waals surface area contributed by atoms with Crippen molar-refractivity contribution in [3.8, 4) is 0 Å². The van der Waals surface area contributed by atoms with Crippen molar-refractivity contribution >= 4 is 27.5 Å². The number of nitrogens with one attached hydrogen (secondary N) is 1. The van der Waals surface area contributed by atoms with Gasteiger partial charge in [0.15, 0.2) is 0 Å². The fourth-order valence-electron chi connectivity index (χ4n) is 3.44. The standard InChI is InChI=1S/C20H27ClN4O4S/c1-13(2)23-30(27,28)16-5-6-19(21)17(11-16)20(26)25-9-7-24(8-10-25)12-18-14(3)22-29-15(18)4/h5-6,11,13,23H,7-10,12H2,1-4H3. The number of aromatic nitrogens is 1. The minimum absolute atomic E-state index is 0.0287. The quantitative estimate of drug-likeness (QED) is 0.720. The first-order valence-corrected chi connectivity index (χ1v) is 11.7. The minimum Gasteiger partial charge on any atom is -0.361 e. The largest absolute Gasteiger partial charge is 0.361 e. The number of sulfonamides is 1. The van der Waals surface area contributed by atoms with Crippen molar-refractivity contribution in [2.75, 3.05) is 26.2 Å². The predicted molar refractivity (Wildman–Crippen MR) is 114 cm³/mol.